The molecule has 0 saturated heterocycles. The molecule has 0 radical (unpaired) electrons. The molecule has 0 atom stereocenters. The first kappa shape index (κ1) is 30.7. The SMILES string of the molecule is CC(C)(C(=O)O)C(=O)O.O=P([O-])([O-])[O-].[Li+].[Li+].[Li+]. The van der Waals surface area contributed by atoms with Gasteiger partial charge in [0.1, 0.15) is 0 Å². The summed E-state index contributed by atoms with van der Waals surface area (Å²) in [6.07, 6.45) is 0. The van der Waals surface area contributed by atoms with E-state index in [0.717, 1.165) is 13.8 Å². The van der Waals surface area contributed by atoms with Crippen molar-refractivity contribution in [2.75, 3.05) is 0 Å². The molecule has 0 fully saturated rings. The molecule has 0 bridgehead atoms. The summed E-state index contributed by atoms with van der Waals surface area (Å²) in [5.74, 6) is -2.65. The average Bonchev–Trinajstić information content (AvgIpc) is 1.82. The summed E-state index contributed by atoms with van der Waals surface area (Å²) in [5.41, 5.74) is -1.67. The van der Waals surface area contributed by atoms with Gasteiger partial charge >= 0.3 is 68.5 Å². The number of hydrogen-bond acceptors (Lipinski definition) is 6. The van der Waals surface area contributed by atoms with Gasteiger partial charge in [0.2, 0.25) is 0 Å². The molecule has 0 aromatic carbocycles. The van der Waals surface area contributed by atoms with Gasteiger partial charge in [0.25, 0.3) is 0 Å². The summed E-state index contributed by atoms with van der Waals surface area (Å²) in [4.78, 5) is 45.8. The third kappa shape index (κ3) is 22.5. The molecule has 0 aliphatic heterocycles. The number of rotatable bonds is 2. The predicted octanol–water partition coefficient (Wildman–Crippen LogP) is -11.6. The summed E-state index contributed by atoms with van der Waals surface area (Å²) in [5, 5.41) is 16.5. The number of carboxylic acids is 2. The molecule has 0 aromatic heterocycles. The molecule has 17 heavy (non-hydrogen) atoms. The Morgan fingerprint density at radius 3 is 1.06 bits per heavy atom. The zero-order valence-corrected chi connectivity index (χ0v) is 11.2. The van der Waals surface area contributed by atoms with Crippen LogP contribution in [0.25, 0.3) is 0 Å². The third-order valence-corrected chi connectivity index (χ3v) is 1.07. The van der Waals surface area contributed by atoms with Crippen LogP contribution in [0.3, 0.4) is 0 Å². The van der Waals surface area contributed by atoms with Crippen molar-refractivity contribution in [3.63, 3.8) is 0 Å². The van der Waals surface area contributed by atoms with Crippen molar-refractivity contribution in [1.29, 1.82) is 0 Å². The first-order valence-electron chi connectivity index (χ1n) is 3.09. The standard InChI is InChI=1S/C5H8O4.3Li.H3O4P/c1-5(2,3(6)7)4(8)9;;;;1-5(2,3)4/h1-2H3,(H,6,7)(H,8,9);;;;(H3,1,2,3,4)/q;3*+1;/p-3. The molecular formula is C5H8Li3O8P. The van der Waals surface area contributed by atoms with E-state index >= 15 is 0 Å². The van der Waals surface area contributed by atoms with Crippen LogP contribution in [0.1, 0.15) is 13.8 Å². The third-order valence-electron chi connectivity index (χ3n) is 1.07. The first-order chi connectivity index (χ1) is 5.89. The Morgan fingerprint density at radius 2 is 1.06 bits per heavy atom. The zero-order valence-electron chi connectivity index (χ0n) is 10.3. The Balaban J connectivity index is -0.0000000533. The van der Waals surface area contributed by atoms with E-state index in [1.54, 1.807) is 0 Å². The largest absolute Gasteiger partial charge is 1.00 e. The Labute approximate surface area is 134 Å². The van der Waals surface area contributed by atoms with Crippen LogP contribution in [0.15, 0.2) is 0 Å². The van der Waals surface area contributed by atoms with Crippen molar-refractivity contribution in [2.24, 2.45) is 5.41 Å². The molecule has 8 nitrogen and oxygen atoms in total. The molecule has 0 aliphatic rings. The van der Waals surface area contributed by atoms with Crippen LogP contribution in [-0.2, 0) is 14.2 Å². The summed E-state index contributed by atoms with van der Waals surface area (Å²) < 4.78 is 8.55. The number of hydrogen-bond donors (Lipinski definition) is 2. The number of carboxylic acid groups (broad SMARTS) is 2. The Hall–Kier alpha value is 0.842. The van der Waals surface area contributed by atoms with E-state index in [1.165, 1.54) is 0 Å². The minimum Gasteiger partial charge on any atom is -0.822 e. The van der Waals surface area contributed by atoms with Gasteiger partial charge in [0.05, 0.1) is 0 Å². The summed E-state index contributed by atoms with van der Waals surface area (Å²) in [7, 11) is -5.39. The van der Waals surface area contributed by atoms with Crippen LogP contribution < -0.4 is 71.3 Å². The van der Waals surface area contributed by atoms with E-state index in [1.807, 2.05) is 0 Å². The van der Waals surface area contributed by atoms with Crippen LogP contribution in [0, 0.1) is 5.41 Å². The van der Waals surface area contributed by atoms with E-state index in [4.69, 9.17) is 29.5 Å². The quantitative estimate of drug-likeness (QED) is 0.276. The van der Waals surface area contributed by atoms with Crippen LogP contribution >= 0.6 is 7.82 Å². The van der Waals surface area contributed by atoms with Crippen LogP contribution in [0.4, 0.5) is 0 Å². The second-order valence-electron chi connectivity index (χ2n) is 2.68. The van der Waals surface area contributed by atoms with Crippen molar-refractivity contribution >= 4 is 19.8 Å². The van der Waals surface area contributed by atoms with E-state index in [9.17, 15) is 9.59 Å². The molecule has 2 N–H and O–H groups in total. The van der Waals surface area contributed by atoms with Crippen LogP contribution in [0.2, 0.25) is 0 Å². The van der Waals surface area contributed by atoms with Gasteiger partial charge in [-0.25, -0.2) is 0 Å². The fourth-order valence-corrected chi connectivity index (χ4v) is 0.0915. The molecule has 12 heteroatoms. The summed E-state index contributed by atoms with van der Waals surface area (Å²) >= 11 is 0. The molecule has 0 heterocycles. The summed E-state index contributed by atoms with van der Waals surface area (Å²) in [6, 6.07) is 0. The molecular weight excluding hydrogens is 240 g/mol. The normalized spacial score (nSPS) is 9.24. The van der Waals surface area contributed by atoms with Crippen LogP contribution in [0.5, 0.6) is 0 Å². The van der Waals surface area contributed by atoms with Crippen molar-refractivity contribution in [1.82, 2.24) is 0 Å². The number of aliphatic carboxylic acids is 2. The maximum atomic E-state index is 10.1. The van der Waals surface area contributed by atoms with Gasteiger partial charge in [-0.3, -0.25) is 9.59 Å². The summed E-state index contributed by atoms with van der Waals surface area (Å²) in [6.45, 7) is 2.27. The molecule has 0 aromatic rings. The van der Waals surface area contributed by atoms with Crippen molar-refractivity contribution in [3.8, 4) is 0 Å². The topological polar surface area (TPSA) is 161 Å². The first-order valence-corrected chi connectivity index (χ1v) is 4.55. The number of phosphoric acid groups is 1. The van der Waals surface area contributed by atoms with Crippen molar-refractivity contribution in [2.45, 2.75) is 13.8 Å². The van der Waals surface area contributed by atoms with Crippen molar-refractivity contribution in [3.05, 3.63) is 0 Å². The fraction of sp³-hybridized carbons (Fsp3) is 0.600. The van der Waals surface area contributed by atoms with Crippen molar-refractivity contribution < 1.29 is 95.6 Å². The van der Waals surface area contributed by atoms with E-state index in [0.29, 0.717) is 0 Å². The minimum atomic E-state index is -5.39. The van der Waals surface area contributed by atoms with Gasteiger partial charge in [0, 0.05) is 0 Å². The average molecular weight is 248 g/mol. The van der Waals surface area contributed by atoms with Gasteiger partial charge < -0.3 is 29.5 Å². The van der Waals surface area contributed by atoms with Gasteiger partial charge in [-0.15, -0.1) is 0 Å². The number of carbonyl (C=O) groups is 2. The smallest absolute Gasteiger partial charge is 0.822 e. The van der Waals surface area contributed by atoms with Crippen LogP contribution in [-0.4, -0.2) is 22.2 Å². The monoisotopic (exact) mass is 248 g/mol. The van der Waals surface area contributed by atoms with E-state index in [2.05, 4.69) is 0 Å². The minimum absolute atomic E-state index is 0. The predicted molar refractivity (Wildman–Crippen MR) is 36.7 cm³/mol. The Kier molecular flexibility index (Phi) is 21.5. The van der Waals surface area contributed by atoms with Gasteiger partial charge in [-0.2, -0.15) is 7.82 Å². The molecule has 0 saturated carbocycles. The molecule has 0 aliphatic carbocycles. The van der Waals surface area contributed by atoms with Gasteiger partial charge in [0.15, 0.2) is 5.41 Å². The Bertz CT molecular complexity index is 250. The van der Waals surface area contributed by atoms with Gasteiger partial charge in [-0.05, 0) is 13.8 Å². The molecule has 84 valence electrons. The molecule has 0 rings (SSSR count). The molecule has 0 unspecified atom stereocenters. The zero-order chi connectivity index (χ0) is 12.2. The van der Waals surface area contributed by atoms with E-state index < -0.39 is 25.2 Å². The van der Waals surface area contributed by atoms with Gasteiger partial charge in [-0.1, -0.05) is 0 Å². The second-order valence-corrected chi connectivity index (χ2v) is 3.58. The van der Waals surface area contributed by atoms with E-state index in [-0.39, 0.29) is 56.6 Å². The maximum absolute atomic E-state index is 10.1. The Morgan fingerprint density at radius 1 is 0.941 bits per heavy atom. The molecule has 0 amide bonds. The molecule has 0 spiro atoms. The fourth-order valence-electron chi connectivity index (χ4n) is 0.0915. The second kappa shape index (κ2) is 11.9. The maximum Gasteiger partial charge on any atom is 1.00 e.